The molecule has 2 aromatic rings. The normalized spacial score (nSPS) is 27.3. The number of nitrogens with one attached hydrogen (secondary N) is 1. The molecule has 0 aliphatic carbocycles. The van der Waals surface area contributed by atoms with E-state index in [4.69, 9.17) is 0 Å². The van der Waals surface area contributed by atoms with Gasteiger partial charge in [0.05, 0.1) is 6.20 Å². The van der Waals surface area contributed by atoms with Crippen molar-refractivity contribution in [1.29, 1.82) is 0 Å². The van der Waals surface area contributed by atoms with Crippen molar-refractivity contribution in [2.24, 2.45) is 16.8 Å². The number of fused-ring (bicyclic) bond motifs is 1. The zero-order valence-electron chi connectivity index (χ0n) is 16.2. The number of hydrogen-bond donors (Lipinski definition) is 1. The minimum atomic E-state index is -1.44. The molecule has 1 fully saturated rings. The number of ketones is 1. The first-order chi connectivity index (χ1) is 14.0. The molecule has 1 amide bonds. The van der Waals surface area contributed by atoms with Crippen molar-refractivity contribution in [2.45, 2.75) is 38.5 Å². The number of Topliss-reactive ketones (excluding diaryl/α,β-unsaturated/α-hetero) is 1. The molecular weight excluding hydrogens is 373 g/mol. The number of hydrazine groups is 1. The van der Waals surface area contributed by atoms with E-state index < -0.39 is 24.2 Å². The van der Waals surface area contributed by atoms with E-state index in [2.05, 4.69) is 15.5 Å². The Balaban J connectivity index is 1.47. The fourth-order valence-corrected chi connectivity index (χ4v) is 4.16. The molecule has 152 valence electrons. The number of hydrogen-bond acceptors (Lipinski definition) is 5. The van der Waals surface area contributed by atoms with Crippen LogP contribution in [0.2, 0.25) is 0 Å². The minimum absolute atomic E-state index is 0.000681. The summed E-state index contributed by atoms with van der Waals surface area (Å²) >= 11 is 0. The molecule has 29 heavy (non-hydrogen) atoms. The number of carbonyl (C=O) groups is 2. The van der Waals surface area contributed by atoms with Gasteiger partial charge in [-0.05, 0) is 11.1 Å². The molecule has 0 saturated carbocycles. The van der Waals surface area contributed by atoms with Gasteiger partial charge in [0.2, 0.25) is 0 Å². The number of amides is 1. The second kappa shape index (κ2) is 8.24. The standard InChI is InChI=1S/C21H24FN5O2/c1-14-18(28)8-10-26(17-7-9-23-20(22)19(14)17)25-21(29)27-13-16(12-24-27)11-15-5-3-2-4-6-15/h2-6,9,12-14,17,19-20H,7-8,10-11H2,1H3,(H,25,29)/t14-,17+,19+,20-/m1/s1. The second-order valence-electron chi connectivity index (χ2n) is 7.66. The number of aliphatic imine (C=N–C) groups is 1. The van der Waals surface area contributed by atoms with Crippen molar-refractivity contribution in [2.75, 3.05) is 6.54 Å². The molecule has 3 heterocycles. The average molecular weight is 397 g/mol. The van der Waals surface area contributed by atoms with Crippen LogP contribution in [0.4, 0.5) is 9.18 Å². The van der Waals surface area contributed by atoms with Crippen molar-refractivity contribution < 1.29 is 14.0 Å². The van der Waals surface area contributed by atoms with E-state index in [1.165, 1.54) is 4.68 Å². The van der Waals surface area contributed by atoms with Gasteiger partial charge >= 0.3 is 6.03 Å². The number of rotatable bonds is 3. The Labute approximate surface area is 168 Å². The van der Waals surface area contributed by atoms with Gasteiger partial charge in [-0.1, -0.05) is 37.3 Å². The van der Waals surface area contributed by atoms with Crippen molar-refractivity contribution in [1.82, 2.24) is 20.2 Å². The molecule has 4 atom stereocenters. The van der Waals surface area contributed by atoms with Crippen molar-refractivity contribution >= 4 is 18.0 Å². The van der Waals surface area contributed by atoms with Crippen LogP contribution in [-0.2, 0) is 11.2 Å². The molecule has 1 saturated heterocycles. The van der Waals surface area contributed by atoms with E-state index in [9.17, 15) is 14.0 Å². The van der Waals surface area contributed by atoms with Gasteiger partial charge in [-0.2, -0.15) is 9.78 Å². The summed E-state index contributed by atoms with van der Waals surface area (Å²) < 4.78 is 15.7. The largest absolute Gasteiger partial charge is 0.356 e. The smallest absolute Gasteiger partial charge is 0.299 e. The molecule has 0 unspecified atom stereocenters. The lowest BCUT2D eigenvalue weighted by molar-refractivity contribution is -0.124. The summed E-state index contributed by atoms with van der Waals surface area (Å²) in [6.45, 7) is 2.09. The Bertz CT molecular complexity index is 913. The molecule has 0 bridgehead atoms. The maximum atomic E-state index is 14.5. The van der Waals surface area contributed by atoms with Gasteiger partial charge in [-0.25, -0.2) is 14.2 Å². The fourth-order valence-electron chi connectivity index (χ4n) is 4.16. The molecule has 4 rings (SSSR count). The number of alkyl halides is 1. The minimum Gasteiger partial charge on any atom is -0.299 e. The maximum absolute atomic E-state index is 14.5. The highest BCUT2D eigenvalue weighted by Gasteiger charge is 2.44. The van der Waals surface area contributed by atoms with E-state index >= 15 is 0 Å². The molecule has 1 aromatic carbocycles. The number of halogens is 1. The van der Waals surface area contributed by atoms with E-state index in [-0.39, 0.29) is 18.2 Å². The number of aromatic nitrogens is 2. The fraction of sp³-hybridized carbons (Fsp3) is 0.429. The Morgan fingerprint density at radius 1 is 1.28 bits per heavy atom. The van der Waals surface area contributed by atoms with Gasteiger partial charge in [-0.3, -0.25) is 15.2 Å². The summed E-state index contributed by atoms with van der Waals surface area (Å²) in [4.78, 5) is 28.9. The summed E-state index contributed by atoms with van der Waals surface area (Å²) in [6, 6.07) is 9.19. The zero-order chi connectivity index (χ0) is 20.4. The number of benzene rings is 1. The topological polar surface area (TPSA) is 79.6 Å². The van der Waals surface area contributed by atoms with Gasteiger partial charge in [0, 0.05) is 56.1 Å². The Hall–Kier alpha value is -2.87. The van der Waals surface area contributed by atoms with Gasteiger partial charge < -0.3 is 0 Å². The average Bonchev–Trinajstić information content (AvgIpc) is 3.15. The SMILES string of the molecule is C[C@@H]1C(=O)CCN(NC(=O)n2cc(Cc3ccccc3)cn2)[C@H]2CC=N[C@@H](F)[C@@H]12. The first-order valence-corrected chi connectivity index (χ1v) is 9.86. The van der Waals surface area contributed by atoms with Crippen LogP contribution in [0.25, 0.3) is 0 Å². The number of nitrogens with zero attached hydrogens (tertiary/aromatic N) is 4. The lowest BCUT2D eigenvalue weighted by Gasteiger charge is -2.38. The molecule has 0 spiro atoms. The Morgan fingerprint density at radius 3 is 2.86 bits per heavy atom. The summed E-state index contributed by atoms with van der Waals surface area (Å²) in [7, 11) is 0. The zero-order valence-corrected chi connectivity index (χ0v) is 16.2. The van der Waals surface area contributed by atoms with Crippen molar-refractivity contribution in [3.8, 4) is 0 Å². The molecule has 1 aromatic heterocycles. The highest BCUT2D eigenvalue weighted by molar-refractivity contribution is 5.82. The van der Waals surface area contributed by atoms with Gasteiger partial charge in [-0.15, -0.1) is 0 Å². The molecule has 2 aliphatic heterocycles. The first kappa shape index (κ1) is 19.4. The van der Waals surface area contributed by atoms with E-state index in [0.29, 0.717) is 19.4 Å². The summed E-state index contributed by atoms with van der Waals surface area (Å²) in [6.07, 6.45) is 4.88. The van der Waals surface area contributed by atoms with E-state index in [1.54, 1.807) is 30.5 Å². The summed E-state index contributed by atoms with van der Waals surface area (Å²) in [5.74, 6) is -1.00. The van der Waals surface area contributed by atoms with E-state index in [1.807, 2.05) is 30.3 Å². The molecular formula is C21H24FN5O2. The lowest BCUT2D eigenvalue weighted by atomic mass is 9.81. The quantitative estimate of drug-likeness (QED) is 0.808. The Morgan fingerprint density at radius 2 is 2.07 bits per heavy atom. The highest BCUT2D eigenvalue weighted by atomic mass is 19.1. The monoisotopic (exact) mass is 397 g/mol. The van der Waals surface area contributed by atoms with Gasteiger partial charge in [0.25, 0.3) is 0 Å². The predicted octanol–water partition coefficient (Wildman–Crippen LogP) is 2.61. The van der Waals surface area contributed by atoms with Crippen LogP contribution in [0.3, 0.4) is 0 Å². The van der Waals surface area contributed by atoms with Crippen LogP contribution in [0.5, 0.6) is 0 Å². The van der Waals surface area contributed by atoms with E-state index in [0.717, 1.165) is 11.1 Å². The van der Waals surface area contributed by atoms with Crippen molar-refractivity contribution in [3.05, 3.63) is 53.9 Å². The summed E-state index contributed by atoms with van der Waals surface area (Å²) in [5.41, 5.74) is 4.87. The maximum Gasteiger partial charge on any atom is 0.356 e. The Kier molecular flexibility index (Phi) is 5.53. The third-order valence-electron chi connectivity index (χ3n) is 5.78. The molecule has 2 aliphatic rings. The lowest BCUT2D eigenvalue weighted by Crippen LogP contribution is -2.55. The highest BCUT2D eigenvalue weighted by Crippen LogP contribution is 2.34. The first-order valence-electron chi connectivity index (χ1n) is 9.86. The van der Waals surface area contributed by atoms with Crippen LogP contribution >= 0.6 is 0 Å². The van der Waals surface area contributed by atoms with Crippen molar-refractivity contribution in [3.63, 3.8) is 0 Å². The third kappa shape index (κ3) is 4.12. The van der Waals surface area contributed by atoms with Crippen LogP contribution in [0.15, 0.2) is 47.7 Å². The van der Waals surface area contributed by atoms with Crippen LogP contribution < -0.4 is 5.43 Å². The molecule has 1 N–H and O–H groups in total. The van der Waals surface area contributed by atoms with Crippen LogP contribution in [-0.4, -0.2) is 51.7 Å². The molecule has 7 nitrogen and oxygen atoms in total. The second-order valence-corrected chi connectivity index (χ2v) is 7.66. The van der Waals surface area contributed by atoms with Gasteiger partial charge in [0.1, 0.15) is 5.78 Å². The molecule has 8 heteroatoms. The van der Waals surface area contributed by atoms with Crippen LogP contribution in [0.1, 0.15) is 30.9 Å². The van der Waals surface area contributed by atoms with Gasteiger partial charge in [0.15, 0.2) is 6.30 Å². The van der Waals surface area contributed by atoms with Crippen LogP contribution in [0, 0.1) is 11.8 Å². The predicted molar refractivity (Wildman–Crippen MR) is 106 cm³/mol. The summed E-state index contributed by atoms with van der Waals surface area (Å²) in [5, 5.41) is 5.85. The molecule has 0 radical (unpaired) electrons. The third-order valence-corrected chi connectivity index (χ3v) is 5.78. The number of carbonyl (C=O) groups excluding carboxylic acids is 2.